The maximum Gasteiger partial charge on any atom is 0.129 e. The van der Waals surface area contributed by atoms with Crippen molar-refractivity contribution in [3.63, 3.8) is 0 Å². The summed E-state index contributed by atoms with van der Waals surface area (Å²) in [5.41, 5.74) is 9.31. The van der Waals surface area contributed by atoms with Crippen molar-refractivity contribution in [1.29, 1.82) is 0 Å². The van der Waals surface area contributed by atoms with Gasteiger partial charge >= 0.3 is 0 Å². The van der Waals surface area contributed by atoms with E-state index in [0.29, 0.717) is 17.0 Å². The molecule has 19 heavy (non-hydrogen) atoms. The standard InChI is InChI=1S/C17H26FN/c1-11-9-13(10-12(2)15(11)18)16(19)14-7-5-6-8-17(14,3)4/h9-10,14,16H,5-8,19H2,1-4H3. The Balaban J connectivity index is 2.31. The Morgan fingerprint density at radius 3 is 2.32 bits per heavy atom. The molecule has 1 aliphatic rings. The second-order valence-electron chi connectivity index (χ2n) is 6.84. The first kappa shape index (κ1) is 14.5. The third-order valence-corrected chi connectivity index (χ3v) is 4.87. The lowest BCUT2D eigenvalue weighted by molar-refractivity contribution is 0.112. The summed E-state index contributed by atoms with van der Waals surface area (Å²) in [5.74, 6) is 0.393. The van der Waals surface area contributed by atoms with E-state index in [-0.39, 0.29) is 17.3 Å². The molecule has 0 spiro atoms. The lowest BCUT2D eigenvalue weighted by Gasteiger charge is -2.42. The Bertz CT molecular complexity index is 441. The highest BCUT2D eigenvalue weighted by atomic mass is 19.1. The molecule has 0 radical (unpaired) electrons. The van der Waals surface area contributed by atoms with Gasteiger partial charge in [0.05, 0.1) is 0 Å². The van der Waals surface area contributed by atoms with E-state index < -0.39 is 0 Å². The molecule has 1 nitrogen and oxygen atoms in total. The van der Waals surface area contributed by atoms with E-state index in [0.717, 1.165) is 5.56 Å². The second kappa shape index (κ2) is 5.24. The van der Waals surface area contributed by atoms with Gasteiger partial charge < -0.3 is 5.73 Å². The number of rotatable bonds is 2. The van der Waals surface area contributed by atoms with Gasteiger partial charge in [0.15, 0.2) is 0 Å². The van der Waals surface area contributed by atoms with Gasteiger partial charge in [-0.3, -0.25) is 0 Å². The molecular weight excluding hydrogens is 237 g/mol. The highest BCUT2D eigenvalue weighted by Crippen LogP contribution is 2.46. The van der Waals surface area contributed by atoms with Crippen LogP contribution in [0.25, 0.3) is 0 Å². The zero-order valence-corrected chi connectivity index (χ0v) is 12.6. The molecule has 0 saturated heterocycles. The highest BCUT2D eigenvalue weighted by molar-refractivity contribution is 5.32. The van der Waals surface area contributed by atoms with Crippen molar-refractivity contribution in [3.05, 3.63) is 34.6 Å². The molecular formula is C17H26FN. The van der Waals surface area contributed by atoms with Crippen LogP contribution in [0.15, 0.2) is 12.1 Å². The molecule has 0 amide bonds. The fourth-order valence-corrected chi connectivity index (χ4v) is 3.59. The maximum atomic E-state index is 13.7. The van der Waals surface area contributed by atoms with Gasteiger partial charge in [-0.1, -0.05) is 38.8 Å². The summed E-state index contributed by atoms with van der Waals surface area (Å²) in [7, 11) is 0. The van der Waals surface area contributed by atoms with Crippen molar-refractivity contribution in [2.45, 2.75) is 59.4 Å². The zero-order chi connectivity index (χ0) is 14.2. The number of benzene rings is 1. The van der Waals surface area contributed by atoms with Gasteiger partial charge in [-0.2, -0.15) is 0 Å². The molecule has 2 heteroatoms. The van der Waals surface area contributed by atoms with Crippen molar-refractivity contribution in [2.24, 2.45) is 17.1 Å². The van der Waals surface area contributed by atoms with Crippen LogP contribution in [0.4, 0.5) is 4.39 Å². The van der Waals surface area contributed by atoms with Crippen LogP contribution in [-0.2, 0) is 0 Å². The first-order valence-electron chi connectivity index (χ1n) is 7.35. The average molecular weight is 263 g/mol. The first-order valence-corrected chi connectivity index (χ1v) is 7.35. The lowest BCUT2D eigenvalue weighted by Crippen LogP contribution is -2.36. The molecule has 1 fully saturated rings. The smallest absolute Gasteiger partial charge is 0.129 e. The van der Waals surface area contributed by atoms with Gasteiger partial charge in [-0.25, -0.2) is 4.39 Å². The van der Waals surface area contributed by atoms with E-state index in [1.807, 2.05) is 26.0 Å². The van der Waals surface area contributed by atoms with Gasteiger partial charge in [0.1, 0.15) is 5.82 Å². The van der Waals surface area contributed by atoms with E-state index in [2.05, 4.69) is 13.8 Å². The molecule has 0 aromatic heterocycles. The van der Waals surface area contributed by atoms with Gasteiger partial charge in [0, 0.05) is 6.04 Å². The van der Waals surface area contributed by atoms with Crippen molar-refractivity contribution in [1.82, 2.24) is 0 Å². The molecule has 1 saturated carbocycles. The van der Waals surface area contributed by atoms with Crippen molar-refractivity contribution < 1.29 is 4.39 Å². The van der Waals surface area contributed by atoms with Gasteiger partial charge in [-0.15, -0.1) is 0 Å². The normalized spacial score (nSPS) is 24.2. The highest BCUT2D eigenvalue weighted by Gasteiger charge is 2.36. The molecule has 2 N–H and O–H groups in total. The van der Waals surface area contributed by atoms with E-state index in [1.165, 1.54) is 25.7 Å². The number of halogens is 1. The van der Waals surface area contributed by atoms with E-state index in [4.69, 9.17) is 5.73 Å². The van der Waals surface area contributed by atoms with Gasteiger partial charge in [0.25, 0.3) is 0 Å². The predicted molar refractivity (Wildman–Crippen MR) is 78.5 cm³/mol. The monoisotopic (exact) mass is 263 g/mol. The van der Waals surface area contributed by atoms with Gasteiger partial charge in [0.2, 0.25) is 0 Å². The Labute approximate surface area is 116 Å². The molecule has 1 aliphatic carbocycles. The molecule has 106 valence electrons. The molecule has 0 aliphatic heterocycles. The third kappa shape index (κ3) is 2.84. The summed E-state index contributed by atoms with van der Waals surface area (Å²) in [6.45, 7) is 8.29. The topological polar surface area (TPSA) is 26.0 Å². The van der Waals surface area contributed by atoms with E-state index in [9.17, 15) is 4.39 Å². The average Bonchev–Trinajstić information content (AvgIpc) is 2.34. The van der Waals surface area contributed by atoms with Crippen molar-refractivity contribution in [2.75, 3.05) is 0 Å². The first-order chi connectivity index (χ1) is 8.83. The number of hydrogen-bond donors (Lipinski definition) is 1. The Morgan fingerprint density at radius 2 is 1.79 bits per heavy atom. The van der Waals surface area contributed by atoms with Crippen LogP contribution in [-0.4, -0.2) is 0 Å². The molecule has 2 unspecified atom stereocenters. The molecule has 2 rings (SSSR count). The number of hydrogen-bond acceptors (Lipinski definition) is 1. The maximum absolute atomic E-state index is 13.7. The van der Waals surface area contributed by atoms with Crippen LogP contribution >= 0.6 is 0 Å². The summed E-state index contributed by atoms with van der Waals surface area (Å²) >= 11 is 0. The van der Waals surface area contributed by atoms with Crippen LogP contribution in [0.1, 0.15) is 62.3 Å². The fraction of sp³-hybridized carbons (Fsp3) is 0.647. The SMILES string of the molecule is Cc1cc(C(N)C2CCCCC2(C)C)cc(C)c1F. The summed E-state index contributed by atoms with van der Waals surface area (Å²) < 4.78 is 13.7. The minimum absolute atomic E-state index is 0.0216. The van der Waals surface area contributed by atoms with Crippen molar-refractivity contribution in [3.8, 4) is 0 Å². The summed E-state index contributed by atoms with van der Waals surface area (Å²) in [4.78, 5) is 0. The molecule has 1 aromatic carbocycles. The van der Waals surface area contributed by atoms with Crippen LogP contribution in [0.2, 0.25) is 0 Å². The largest absolute Gasteiger partial charge is 0.324 e. The van der Waals surface area contributed by atoms with E-state index >= 15 is 0 Å². The summed E-state index contributed by atoms with van der Waals surface area (Å²) in [6, 6.07) is 3.88. The zero-order valence-electron chi connectivity index (χ0n) is 12.6. The molecule has 0 heterocycles. The second-order valence-corrected chi connectivity index (χ2v) is 6.84. The number of aryl methyl sites for hydroxylation is 2. The van der Waals surface area contributed by atoms with Crippen LogP contribution in [0, 0.1) is 31.0 Å². The van der Waals surface area contributed by atoms with E-state index in [1.54, 1.807) is 0 Å². The Kier molecular flexibility index (Phi) is 4.00. The van der Waals surface area contributed by atoms with Crippen LogP contribution < -0.4 is 5.73 Å². The molecule has 2 atom stereocenters. The van der Waals surface area contributed by atoms with Crippen molar-refractivity contribution >= 4 is 0 Å². The summed E-state index contributed by atoms with van der Waals surface area (Å²) in [6.07, 6.45) is 4.99. The number of nitrogens with two attached hydrogens (primary N) is 1. The Morgan fingerprint density at radius 1 is 1.21 bits per heavy atom. The predicted octanol–water partition coefficient (Wildman–Crippen LogP) is 4.66. The lowest BCUT2D eigenvalue weighted by atomic mass is 9.65. The van der Waals surface area contributed by atoms with Gasteiger partial charge in [-0.05, 0) is 54.7 Å². The fourth-order valence-electron chi connectivity index (χ4n) is 3.59. The Hall–Kier alpha value is -0.890. The minimum Gasteiger partial charge on any atom is -0.324 e. The molecule has 0 bridgehead atoms. The van der Waals surface area contributed by atoms with Crippen LogP contribution in [0.3, 0.4) is 0 Å². The third-order valence-electron chi connectivity index (χ3n) is 4.87. The summed E-state index contributed by atoms with van der Waals surface area (Å²) in [5, 5.41) is 0. The quantitative estimate of drug-likeness (QED) is 0.825. The van der Waals surface area contributed by atoms with Crippen LogP contribution in [0.5, 0.6) is 0 Å². The molecule has 1 aromatic rings. The minimum atomic E-state index is -0.0983.